The summed E-state index contributed by atoms with van der Waals surface area (Å²) in [5, 5.41) is 9.81. The zero-order valence-corrected chi connectivity index (χ0v) is 11.2. The Morgan fingerprint density at radius 3 is 2.53 bits per heavy atom. The lowest BCUT2D eigenvalue weighted by molar-refractivity contribution is -0.135. The van der Waals surface area contributed by atoms with Crippen LogP contribution in [0, 0.1) is 0 Å². The molecule has 0 aliphatic heterocycles. The average molecular weight is 256 g/mol. The maximum absolute atomic E-state index is 12.0. The molecule has 0 aliphatic rings. The van der Waals surface area contributed by atoms with E-state index in [-0.39, 0.29) is 18.9 Å². The number of likely N-dealkylation sites (N-methyl/N-ethyl adjacent to an activating group) is 1. The predicted octanol–water partition coefficient (Wildman–Crippen LogP) is 2.11. The van der Waals surface area contributed by atoms with E-state index < -0.39 is 5.54 Å². The third-order valence-corrected chi connectivity index (χ3v) is 3.34. The summed E-state index contributed by atoms with van der Waals surface area (Å²) in [6, 6.07) is 7.28. The van der Waals surface area contributed by atoms with Gasteiger partial charge in [0.2, 0.25) is 5.91 Å². The molecule has 0 atom stereocenters. The fourth-order valence-electron chi connectivity index (χ4n) is 1.37. The van der Waals surface area contributed by atoms with Gasteiger partial charge in [-0.25, -0.2) is 0 Å². The first-order valence-electron chi connectivity index (χ1n) is 5.49. The van der Waals surface area contributed by atoms with Crippen LogP contribution in [0.25, 0.3) is 0 Å². The molecule has 1 rings (SSSR count). The van der Waals surface area contributed by atoms with Gasteiger partial charge in [-0.2, -0.15) is 0 Å². The second-order valence-electron chi connectivity index (χ2n) is 4.69. The Hall–Kier alpha value is -1.06. The van der Waals surface area contributed by atoms with Gasteiger partial charge in [-0.05, 0) is 25.5 Å². The quantitative estimate of drug-likeness (QED) is 0.895. The molecule has 0 radical (unpaired) electrons. The van der Waals surface area contributed by atoms with Crippen molar-refractivity contribution in [1.29, 1.82) is 0 Å². The van der Waals surface area contributed by atoms with E-state index in [0.29, 0.717) is 5.02 Å². The Labute approximate surface area is 107 Å². The zero-order chi connectivity index (χ0) is 13.1. The second-order valence-corrected chi connectivity index (χ2v) is 5.10. The van der Waals surface area contributed by atoms with Gasteiger partial charge >= 0.3 is 0 Å². The number of halogens is 1. The lowest BCUT2D eigenvalue weighted by Gasteiger charge is -2.34. The van der Waals surface area contributed by atoms with E-state index in [9.17, 15) is 9.90 Å². The van der Waals surface area contributed by atoms with Gasteiger partial charge < -0.3 is 10.0 Å². The standard InChI is InChI=1S/C13H18ClNO2/c1-13(2,9-16)15(3)12(17)8-10-6-4-5-7-11(10)14/h4-7,16H,8-9H2,1-3H3. The highest BCUT2D eigenvalue weighted by atomic mass is 35.5. The van der Waals surface area contributed by atoms with Crippen molar-refractivity contribution in [3.05, 3.63) is 34.9 Å². The molecule has 0 saturated heterocycles. The van der Waals surface area contributed by atoms with E-state index in [1.54, 1.807) is 18.0 Å². The van der Waals surface area contributed by atoms with Crippen molar-refractivity contribution in [1.82, 2.24) is 4.90 Å². The van der Waals surface area contributed by atoms with E-state index in [2.05, 4.69) is 0 Å². The van der Waals surface area contributed by atoms with Crippen LogP contribution in [0.3, 0.4) is 0 Å². The molecular formula is C13H18ClNO2. The molecule has 0 fully saturated rings. The fourth-order valence-corrected chi connectivity index (χ4v) is 1.57. The maximum Gasteiger partial charge on any atom is 0.227 e. The van der Waals surface area contributed by atoms with Gasteiger partial charge in [-0.1, -0.05) is 29.8 Å². The molecule has 0 saturated carbocycles. The molecule has 1 aromatic carbocycles. The van der Waals surface area contributed by atoms with Gasteiger partial charge in [0, 0.05) is 12.1 Å². The lowest BCUT2D eigenvalue weighted by atomic mass is 10.0. The van der Waals surface area contributed by atoms with E-state index >= 15 is 0 Å². The van der Waals surface area contributed by atoms with Crippen LogP contribution in [0.1, 0.15) is 19.4 Å². The van der Waals surface area contributed by atoms with Gasteiger partial charge in [0.15, 0.2) is 0 Å². The van der Waals surface area contributed by atoms with Crippen molar-refractivity contribution in [2.45, 2.75) is 25.8 Å². The van der Waals surface area contributed by atoms with E-state index in [4.69, 9.17) is 11.6 Å². The van der Waals surface area contributed by atoms with Gasteiger partial charge in [-0.15, -0.1) is 0 Å². The summed E-state index contributed by atoms with van der Waals surface area (Å²) in [6.07, 6.45) is 0.250. The van der Waals surface area contributed by atoms with Gasteiger partial charge in [0.25, 0.3) is 0 Å². The third kappa shape index (κ3) is 3.45. The molecule has 4 heteroatoms. The Bertz CT molecular complexity index is 404. The maximum atomic E-state index is 12.0. The number of hydrogen-bond donors (Lipinski definition) is 1. The van der Waals surface area contributed by atoms with Crippen molar-refractivity contribution >= 4 is 17.5 Å². The predicted molar refractivity (Wildman–Crippen MR) is 69.1 cm³/mol. The molecule has 0 aliphatic carbocycles. The van der Waals surface area contributed by atoms with Crippen LogP contribution in [-0.4, -0.2) is 35.1 Å². The first-order chi connectivity index (χ1) is 7.88. The SMILES string of the molecule is CN(C(=O)Cc1ccccc1Cl)C(C)(C)CO. The van der Waals surface area contributed by atoms with Crippen molar-refractivity contribution < 1.29 is 9.90 Å². The summed E-state index contributed by atoms with van der Waals surface area (Å²) in [5.41, 5.74) is 0.248. The number of hydrogen-bond acceptors (Lipinski definition) is 2. The summed E-state index contributed by atoms with van der Waals surface area (Å²) in [6.45, 7) is 3.56. The van der Waals surface area contributed by atoms with Crippen molar-refractivity contribution in [3.8, 4) is 0 Å². The molecule has 0 bridgehead atoms. The average Bonchev–Trinajstić information content (AvgIpc) is 2.31. The number of aliphatic hydroxyl groups is 1. The van der Waals surface area contributed by atoms with Crippen LogP contribution in [-0.2, 0) is 11.2 Å². The number of carbonyl (C=O) groups is 1. The topological polar surface area (TPSA) is 40.5 Å². The molecule has 0 aromatic heterocycles. The monoisotopic (exact) mass is 255 g/mol. The molecule has 1 amide bonds. The van der Waals surface area contributed by atoms with Crippen LogP contribution in [0.5, 0.6) is 0 Å². The molecule has 0 heterocycles. The van der Waals surface area contributed by atoms with Crippen LogP contribution >= 0.6 is 11.6 Å². The molecule has 1 aromatic rings. The molecule has 94 valence electrons. The Morgan fingerprint density at radius 1 is 1.41 bits per heavy atom. The summed E-state index contributed by atoms with van der Waals surface area (Å²) >= 11 is 6.00. The highest BCUT2D eigenvalue weighted by Gasteiger charge is 2.26. The number of nitrogens with zero attached hydrogens (tertiary/aromatic N) is 1. The summed E-state index contributed by atoms with van der Waals surface area (Å²) in [5.74, 6) is -0.0582. The summed E-state index contributed by atoms with van der Waals surface area (Å²) in [7, 11) is 1.69. The molecule has 0 spiro atoms. The van der Waals surface area contributed by atoms with E-state index in [1.807, 2.05) is 32.0 Å². The number of rotatable bonds is 4. The van der Waals surface area contributed by atoms with Crippen molar-refractivity contribution in [3.63, 3.8) is 0 Å². The zero-order valence-electron chi connectivity index (χ0n) is 10.4. The van der Waals surface area contributed by atoms with Crippen LogP contribution in [0.2, 0.25) is 5.02 Å². The second kappa shape index (κ2) is 5.52. The third-order valence-electron chi connectivity index (χ3n) is 2.97. The largest absolute Gasteiger partial charge is 0.394 e. The van der Waals surface area contributed by atoms with Gasteiger partial charge in [0.1, 0.15) is 0 Å². The molecule has 3 nitrogen and oxygen atoms in total. The Kier molecular flexibility index (Phi) is 4.54. The highest BCUT2D eigenvalue weighted by Crippen LogP contribution is 2.18. The van der Waals surface area contributed by atoms with Gasteiger partial charge in [-0.3, -0.25) is 4.79 Å². The minimum Gasteiger partial charge on any atom is -0.394 e. The number of amides is 1. The van der Waals surface area contributed by atoms with E-state index in [0.717, 1.165) is 5.56 Å². The van der Waals surface area contributed by atoms with E-state index in [1.165, 1.54) is 0 Å². The minimum absolute atomic E-state index is 0.0582. The van der Waals surface area contributed by atoms with Gasteiger partial charge in [0.05, 0.1) is 18.6 Å². The molecule has 1 N–H and O–H groups in total. The van der Waals surface area contributed by atoms with Crippen LogP contribution in [0.15, 0.2) is 24.3 Å². The highest BCUT2D eigenvalue weighted by molar-refractivity contribution is 6.31. The number of carbonyl (C=O) groups excluding carboxylic acids is 1. The summed E-state index contributed by atoms with van der Waals surface area (Å²) < 4.78 is 0. The number of aliphatic hydroxyl groups excluding tert-OH is 1. The molecule has 17 heavy (non-hydrogen) atoms. The van der Waals surface area contributed by atoms with Crippen molar-refractivity contribution in [2.75, 3.05) is 13.7 Å². The Balaban J connectivity index is 2.77. The summed E-state index contributed by atoms with van der Waals surface area (Å²) in [4.78, 5) is 13.6. The van der Waals surface area contributed by atoms with Crippen LogP contribution < -0.4 is 0 Å². The molecular weight excluding hydrogens is 238 g/mol. The first kappa shape index (κ1) is 14.0. The fraction of sp³-hybridized carbons (Fsp3) is 0.462. The van der Waals surface area contributed by atoms with Crippen molar-refractivity contribution in [2.24, 2.45) is 0 Å². The number of benzene rings is 1. The minimum atomic E-state index is -0.557. The normalized spacial score (nSPS) is 11.4. The van der Waals surface area contributed by atoms with Crippen LogP contribution in [0.4, 0.5) is 0 Å². The first-order valence-corrected chi connectivity index (χ1v) is 5.87. The smallest absolute Gasteiger partial charge is 0.227 e. The Morgan fingerprint density at radius 2 is 2.00 bits per heavy atom. The molecule has 0 unspecified atom stereocenters. The lowest BCUT2D eigenvalue weighted by Crippen LogP contribution is -2.48.